The van der Waals surface area contributed by atoms with Crippen molar-refractivity contribution in [3.8, 4) is 11.1 Å². The zero-order chi connectivity index (χ0) is 17.2. The fraction of sp³-hybridized carbons (Fsp3) is 0.312. The molecule has 1 aromatic carbocycles. The number of carbonyl (C=O) groups is 1. The molecule has 1 atom stereocenters. The third-order valence-corrected chi connectivity index (χ3v) is 4.11. The summed E-state index contributed by atoms with van der Waals surface area (Å²) in [5.41, 5.74) is 2.52. The van der Waals surface area contributed by atoms with Crippen molar-refractivity contribution in [3.63, 3.8) is 0 Å². The summed E-state index contributed by atoms with van der Waals surface area (Å²) >= 11 is 0. The maximum absolute atomic E-state index is 12.9. The van der Waals surface area contributed by atoms with Crippen molar-refractivity contribution in [1.82, 2.24) is 35.3 Å². The van der Waals surface area contributed by atoms with Gasteiger partial charge in [-0.3, -0.25) is 9.89 Å². The highest BCUT2D eigenvalue weighted by Gasteiger charge is 2.29. The molecule has 1 aliphatic heterocycles. The third-order valence-electron chi connectivity index (χ3n) is 4.11. The van der Waals surface area contributed by atoms with Crippen molar-refractivity contribution in [2.45, 2.75) is 6.10 Å². The quantitative estimate of drug-likeness (QED) is 0.758. The molecule has 3 heterocycles. The van der Waals surface area contributed by atoms with Crippen molar-refractivity contribution in [2.75, 3.05) is 19.7 Å². The van der Waals surface area contributed by atoms with E-state index in [4.69, 9.17) is 4.74 Å². The van der Waals surface area contributed by atoms with Crippen LogP contribution >= 0.6 is 0 Å². The van der Waals surface area contributed by atoms with Crippen molar-refractivity contribution in [3.05, 3.63) is 48.0 Å². The van der Waals surface area contributed by atoms with Crippen molar-refractivity contribution in [1.29, 1.82) is 0 Å². The van der Waals surface area contributed by atoms with Crippen molar-refractivity contribution >= 4 is 5.91 Å². The van der Waals surface area contributed by atoms with Crippen LogP contribution in [0.2, 0.25) is 0 Å². The molecule has 25 heavy (non-hydrogen) atoms. The van der Waals surface area contributed by atoms with Gasteiger partial charge in [-0.2, -0.15) is 9.90 Å². The van der Waals surface area contributed by atoms with Crippen LogP contribution in [-0.4, -0.2) is 60.9 Å². The van der Waals surface area contributed by atoms with E-state index in [2.05, 4.69) is 25.6 Å². The summed E-state index contributed by atoms with van der Waals surface area (Å²) in [7, 11) is 1.70. The van der Waals surface area contributed by atoms with E-state index >= 15 is 0 Å². The Balaban J connectivity index is 1.53. The Kier molecular flexibility index (Phi) is 3.98. The monoisotopic (exact) mass is 339 g/mol. The van der Waals surface area contributed by atoms with Gasteiger partial charge in [0.15, 0.2) is 0 Å². The zero-order valence-electron chi connectivity index (χ0n) is 13.7. The lowest BCUT2D eigenvalue weighted by Crippen LogP contribution is -2.42. The van der Waals surface area contributed by atoms with E-state index < -0.39 is 0 Å². The molecule has 0 radical (unpaired) electrons. The average molecular weight is 339 g/mol. The first-order chi connectivity index (χ1) is 12.2. The molecule has 128 valence electrons. The van der Waals surface area contributed by atoms with Gasteiger partial charge in [0, 0.05) is 23.9 Å². The molecule has 9 heteroatoms. The topological polar surface area (TPSA) is 102 Å². The highest BCUT2D eigenvalue weighted by molar-refractivity contribution is 5.95. The Hall–Kier alpha value is -3.07. The van der Waals surface area contributed by atoms with E-state index in [9.17, 15) is 4.79 Å². The number of benzene rings is 1. The van der Waals surface area contributed by atoms with E-state index in [1.807, 2.05) is 24.3 Å². The second kappa shape index (κ2) is 6.44. The SMILES string of the molecule is Cn1nnc(C2CN(C(=O)c3cccc(-c4cn[nH]c4)c3)CCO2)n1. The molecule has 0 spiro atoms. The first-order valence-electron chi connectivity index (χ1n) is 7.95. The van der Waals surface area contributed by atoms with Gasteiger partial charge in [0.2, 0.25) is 5.82 Å². The number of hydrogen-bond donors (Lipinski definition) is 1. The normalized spacial score (nSPS) is 17.6. The fourth-order valence-corrected chi connectivity index (χ4v) is 2.84. The highest BCUT2D eigenvalue weighted by Crippen LogP contribution is 2.23. The predicted octanol–water partition coefficient (Wildman–Crippen LogP) is 0.814. The number of morpholine rings is 1. The van der Waals surface area contributed by atoms with E-state index in [0.29, 0.717) is 31.1 Å². The second-order valence-electron chi connectivity index (χ2n) is 5.82. The Labute approximate surface area is 143 Å². The average Bonchev–Trinajstić information content (AvgIpc) is 3.33. The van der Waals surface area contributed by atoms with Crippen LogP contribution < -0.4 is 0 Å². The highest BCUT2D eigenvalue weighted by atomic mass is 16.5. The number of H-pyrrole nitrogens is 1. The van der Waals surface area contributed by atoms with E-state index in [1.165, 1.54) is 4.80 Å². The van der Waals surface area contributed by atoms with Gasteiger partial charge in [0.25, 0.3) is 5.91 Å². The van der Waals surface area contributed by atoms with E-state index in [-0.39, 0.29) is 12.0 Å². The minimum Gasteiger partial charge on any atom is -0.366 e. The molecule has 3 aromatic rings. The third kappa shape index (κ3) is 3.13. The number of aryl methyl sites for hydroxylation is 1. The number of nitrogens with zero attached hydrogens (tertiary/aromatic N) is 6. The fourth-order valence-electron chi connectivity index (χ4n) is 2.84. The number of amides is 1. The lowest BCUT2D eigenvalue weighted by molar-refractivity contribution is -0.0269. The van der Waals surface area contributed by atoms with Gasteiger partial charge in [-0.05, 0) is 22.9 Å². The summed E-state index contributed by atoms with van der Waals surface area (Å²) in [6, 6.07) is 7.51. The second-order valence-corrected chi connectivity index (χ2v) is 5.82. The molecule has 0 saturated carbocycles. The van der Waals surface area contributed by atoms with Crippen molar-refractivity contribution in [2.24, 2.45) is 7.05 Å². The zero-order valence-corrected chi connectivity index (χ0v) is 13.7. The van der Waals surface area contributed by atoms with Gasteiger partial charge in [-0.1, -0.05) is 12.1 Å². The molecule has 1 saturated heterocycles. The number of tetrazole rings is 1. The van der Waals surface area contributed by atoms with Crippen LogP contribution in [0.15, 0.2) is 36.7 Å². The molecule has 0 aliphatic carbocycles. The number of aromatic nitrogens is 6. The molecule has 0 bridgehead atoms. The molecule has 1 aliphatic rings. The minimum absolute atomic E-state index is 0.0393. The molecular formula is C16H17N7O2. The summed E-state index contributed by atoms with van der Waals surface area (Å²) in [6.45, 7) is 1.38. The van der Waals surface area contributed by atoms with Crippen LogP contribution in [0.4, 0.5) is 0 Å². The largest absolute Gasteiger partial charge is 0.366 e. The number of rotatable bonds is 3. The van der Waals surface area contributed by atoms with Crippen LogP contribution in [-0.2, 0) is 11.8 Å². The maximum atomic E-state index is 12.9. The first-order valence-corrected chi connectivity index (χ1v) is 7.95. The maximum Gasteiger partial charge on any atom is 0.254 e. The summed E-state index contributed by atoms with van der Waals surface area (Å²) in [4.78, 5) is 16.0. The molecule has 1 unspecified atom stereocenters. The first kappa shape index (κ1) is 15.5. The van der Waals surface area contributed by atoms with Gasteiger partial charge in [0.05, 0.1) is 26.4 Å². The molecule has 9 nitrogen and oxygen atoms in total. The summed E-state index contributed by atoms with van der Waals surface area (Å²) in [5.74, 6) is 0.453. The van der Waals surface area contributed by atoms with Crippen LogP contribution in [0.3, 0.4) is 0 Å². The van der Waals surface area contributed by atoms with E-state index in [0.717, 1.165) is 11.1 Å². The van der Waals surface area contributed by atoms with Gasteiger partial charge in [-0.25, -0.2) is 0 Å². The Bertz CT molecular complexity index is 874. The van der Waals surface area contributed by atoms with Crippen LogP contribution in [0, 0.1) is 0 Å². The summed E-state index contributed by atoms with van der Waals surface area (Å²) in [5, 5.41) is 18.7. The number of ether oxygens (including phenoxy) is 1. The molecule has 2 aromatic heterocycles. The molecular weight excluding hydrogens is 322 g/mol. The van der Waals surface area contributed by atoms with Crippen LogP contribution in [0.5, 0.6) is 0 Å². The lowest BCUT2D eigenvalue weighted by Gasteiger charge is -2.31. The van der Waals surface area contributed by atoms with Gasteiger partial charge < -0.3 is 9.64 Å². The smallest absolute Gasteiger partial charge is 0.254 e. The number of hydrogen-bond acceptors (Lipinski definition) is 6. The van der Waals surface area contributed by atoms with Crippen LogP contribution in [0.1, 0.15) is 22.3 Å². The Morgan fingerprint density at radius 1 is 1.36 bits per heavy atom. The van der Waals surface area contributed by atoms with Gasteiger partial charge >= 0.3 is 0 Å². The summed E-state index contributed by atoms with van der Waals surface area (Å²) in [6.07, 6.45) is 3.17. The number of nitrogens with one attached hydrogen (secondary N) is 1. The van der Waals surface area contributed by atoms with Crippen molar-refractivity contribution < 1.29 is 9.53 Å². The lowest BCUT2D eigenvalue weighted by atomic mass is 10.1. The predicted molar refractivity (Wildman–Crippen MR) is 87.4 cm³/mol. The van der Waals surface area contributed by atoms with Gasteiger partial charge in [0.1, 0.15) is 6.10 Å². The number of aromatic amines is 1. The van der Waals surface area contributed by atoms with E-state index in [1.54, 1.807) is 24.3 Å². The van der Waals surface area contributed by atoms with Crippen LogP contribution in [0.25, 0.3) is 11.1 Å². The minimum atomic E-state index is -0.358. The molecule has 1 amide bonds. The molecule has 1 N–H and O–H groups in total. The summed E-state index contributed by atoms with van der Waals surface area (Å²) < 4.78 is 5.69. The molecule has 1 fully saturated rings. The number of carbonyl (C=O) groups excluding carboxylic acids is 1. The van der Waals surface area contributed by atoms with Gasteiger partial charge in [-0.15, -0.1) is 10.2 Å². The Morgan fingerprint density at radius 2 is 2.28 bits per heavy atom. The standard InChI is InChI=1S/C16H17N7O2/c1-22-20-15(19-21-22)14-10-23(5-6-25-14)16(24)12-4-2-3-11(7-12)13-8-17-18-9-13/h2-4,7-9,14H,5-6,10H2,1H3,(H,17,18). The Morgan fingerprint density at radius 3 is 3.04 bits per heavy atom. The molecule has 4 rings (SSSR count).